The van der Waals surface area contributed by atoms with Crippen LogP contribution in [0.1, 0.15) is 24.8 Å². The number of hydrogen-bond acceptors (Lipinski definition) is 3. The third kappa shape index (κ3) is 3.26. The van der Waals surface area contributed by atoms with Gasteiger partial charge in [0.2, 0.25) is 5.91 Å². The second-order valence-corrected chi connectivity index (χ2v) is 6.13. The Labute approximate surface area is 134 Å². The van der Waals surface area contributed by atoms with Gasteiger partial charge in [-0.1, -0.05) is 17.7 Å². The summed E-state index contributed by atoms with van der Waals surface area (Å²) in [6.07, 6.45) is 2.21. The summed E-state index contributed by atoms with van der Waals surface area (Å²) < 4.78 is 25.3. The highest BCUT2D eigenvalue weighted by atomic mass is 35.5. The van der Waals surface area contributed by atoms with Crippen LogP contribution in [0.25, 0.3) is 0 Å². The number of amides is 1. The molecule has 0 aliphatic carbocycles. The zero-order valence-electron chi connectivity index (χ0n) is 12.3. The first-order valence-electron chi connectivity index (χ1n) is 7.58. The number of ether oxygens (including phenoxy) is 2. The predicted octanol–water partition coefficient (Wildman–Crippen LogP) is 2.78. The molecule has 0 radical (unpaired) electrons. The fourth-order valence-corrected chi connectivity index (χ4v) is 3.20. The molecule has 0 saturated carbocycles. The van der Waals surface area contributed by atoms with Crippen molar-refractivity contribution in [1.82, 2.24) is 4.90 Å². The normalized spacial score (nSPS) is 21.1. The SMILES string of the molecule is O=C(Cc1c(F)cccc1Cl)N1CCC2(CC1)OCCCO2. The fourth-order valence-electron chi connectivity index (χ4n) is 2.97. The van der Waals surface area contributed by atoms with E-state index in [1.807, 2.05) is 0 Å². The summed E-state index contributed by atoms with van der Waals surface area (Å²) >= 11 is 5.98. The fraction of sp³-hybridized carbons (Fsp3) is 0.562. The van der Waals surface area contributed by atoms with Crippen molar-refractivity contribution in [2.45, 2.75) is 31.5 Å². The van der Waals surface area contributed by atoms with Crippen LogP contribution >= 0.6 is 11.6 Å². The molecule has 0 aromatic heterocycles. The molecule has 2 saturated heterocycles. The van der Waals surface area contributed by atoms with Gasteiger partial charge in [-0.05, 0) is 18.6 Å². The molecule has 2 aliphatic heterocycles. The van der Waals surface area contributed by atoms with Gasteiger partial charge < -0.3 is 14.4 Å². The van der Waals surface area contributed by atoms with Crippen LogP contribution in [0.15, 0.2) is 18.2 Å². The highest BCUT2D eigenvalue weighted by Crippen LogP contribution is 2.31. The molecule has 0 atom stereocenters. The van der Waals surface area contributed by atoms with E-state index in [-0.39, 0.29) is 17.9 Å². The topological polar surface area (TPSA) is 38.8 Å². The van der Waals surface area contributed by atoms with E-state index in [4.69, 9.17) is 21.1 Å². The number of halogens is 2. The molecule has 0 N–H and O–H groups in total. The van der Waals surface area contributed by atoms with E-state index in [2.05, 4.69) is 0 Å². The molecule has 1 aromatic rings. The first kappa shape index (κ1) is 15.7. The van der Waals surface area contributed by atoms with E-state index in [1.165, 1.54) is 12.1 Å². The molecule has 6 heteroatoms. The second-order valence-electron chi connectivity index (χ2n) is 5.72. The Bertz CT molecular complexity index is 530. The molecule has 4 nitrogen and oxygen atoms in total. The third-order valence-electron chi connectivity index (χ3n) is 4.29. The average Bonchev–Trinajstić information content (AvgIpc) is 2.52. The van der Waals surface area contributed by atoms with E-state index in [0.717, 1.165) is 6.42 Å². The Balaban J connectivity index is 1.60. The van der Waals surface area contributed by atoms with Gasteiger partial charge >= 0.3 is 0 Å². The number of hydrogen-bond donors (Lipinski definition) is 0. The van der Waals surface area contributed by atoms with Crippen LogP contribution in [0.2, 0.25) is 5.02 Å². The van der Waals surface area contributed by atoms with Gasteiger partial charge in [0.15, 0.2) is 5.79 Å². The molecule has 0 bridgehead atoms. The number of nitrogens with zero attached hydrogens (tertiary/aromatic N) is 1. The van der Waals surface area contributed by atoms with Gasteiger partial charge in [-0.3, -0.25) is 4.79 Å². The Morgan fingerprint density at radius 1 is 1.27 bits per heavy atom. The van der Waals surface area contributed by atoms with Crippen LogP contribution in [0.3, 0.4) is 0 Å². The number of benzene rings is 1. The van der Waals surface area contributed by atoms with Gasteiger partial charge in [0.05, 0.1) is 19.6 Å². The van der Waals surface area contributed by atoms with Gasteiger partial charge in [0.25, 0.3) is 0 Å². The van der Waals surface area contributed by atoms with Crippen molar-refractivity contribution >= 4 is 17.5 Å². The minimum absolute atomic E-state index is 0.0137. The lowest BCUT2D eigenvalue weighted by Gasteiger charge is -2.43. The monoisotopic (exact) mass is 327 g/mol. The van der Waals surface area contributed by atoms with Crippen LogP contribution in [-0.4, -0.2) is 42.9 Å². The van der Waals surface area contributed by atoms with Crippen molar-refractivity contribution in [3.05, 3.63) is 34.6 Å². The zero-order chi connectivity index (χ0) is 15.6. The molecule has 1 spiro atoms. The molecule has 2 heterocycles. The summed E-state index contributed by atoms with van der Waals surface area (Å²) in [7, 11) is 0. The zero-order valence-corrected chi connectivity index (χ0v) is 13.1. The van der Waals surface area contributed by atoms with E-state index in [9.17, 15) is 9.18 Å². The quantitative estimate of drug-likeness (QED) is 0.838. The molecule has 1 aromatic carbocycles. The Kier molecular flexibility index (Phi) is 4.66. The smallest absolute Gasteiger partial charge is 0.227 e. The second kappa shape index (κ2) is 6.52. The summed E-state index contributed by atoms with van der Waals surface area (Å²) in [6, 6.07) is 4.46. The lowest BCUT2D eigenvalue weighted by atomic mass is 10.0. The van der Waals surface area contributed by atoms with Crippen LogP contribution in [-0.2, 0) is 20.7 Å². The van der Waals surface area contributed by atoms with E-state index in [1.54, 1.807) is 11.0 Å². The van der Waals surface area contributed by atoms with Crippen molar-refractivity contribution in [2.75, 3.05) is 26.3 Å². The van der Waals surface area contributed by atoms with Gasteiger partial charge in [0.1, 0.15) is 5.82 Å². The van der Waals surface area contributed by atoms with Crippen molar-refractivity contribution in [3.8, 4) is 0 Å². The minimum atomic E-state index is -0.523. The van der Waals surface area contributed by atoms with E-state index in [0.29, 0.717) is 44.2 Å². The number of likely N-dealkylation sites (tertiary alicyclic amines) is 1. The number of carbonyl (C=O) groups is 1. The summed E-state index contributed by atoms with van der Waals surface area (Å²) in [6.45, 7) is 2.54. The largest absolute Gasteiger partial charge is 0.350 e. The molecule has 1 amide bonds. The van der Waals surface area contributed by atoms with Crippen molar-refractivity contribution in [2.24, 2.45) is 0 Å². The van der Waals surface area contributed by atoms with Crippen molar-refractivity contribution in [1.29, 1.82) is 0 Å². The lowest BCUT2D eigenvalue weighted by Crippen LogP contribution is -2.51. The molecule has 3 rings (SSSR count). The summed E-state index contributed by atoms with van der Waals surface area (Å²) in [5, 5.41) is 0.292. The summed E-state index contributed by atoms with van der Waals surface area (Å²) in [5.74, 6) is -1.07. The number of carbonyl (C=O) groups excluding carboxylic acids is 1. The number of piperidine rings is 1. The molecular weight excluding hydrogens is 309 g/mol. The Morgan fingerprint density at radius 3 is 2.59 bits per heavy atom. The highest BCUT2D eigenvalue weighted by molar-refractivity contribution is 6.31. The van der Waals surface area contributed by atoms with Crippen LogP contribution in [0, 0.1) is 5.82 Å². The molecule has 0 unspecified atom stereocenters. The van der Waals surface area contributed by atoms with Crippen LogP contribution in [0.4, 0.5) is 4.39 Å². The Hall–Kier alpha value is -1.17. The third-order valence-corrected chi connectivity index (χ3v) is 4.64. The average molecular weight is 328 g/mol. The lowest BCUT2D eigenvalue weighted by molar-refractivity contribution is -0.282. The van der Waals surface area contributed by atoms with Crippen LogP contribution in [0.5, 0.6) is 0 Å². The first-order chi connectivity index (χ1) is 10.6. The Morgan fingerprint density at radius 2 is 1.95 bits per heavy atom. The molecular formula is C16H19ClFNO3. The molecule has 2 aliphatic rings. The maximum atomic E-state index is 13.8. The molecule has 2 fully saturated rings. The molecule has 120 valence electrons. The minimum Gasteiger partial charge on any atom is -0.350 e. The maximum Gasteiger partial charge on any atom is 0.227 e. The van der Waals surface area contributed by atoms with Crippen molar-refractivity contribution in [3.63, 3.8) is 0 Å². The predicted molar refractivity (Wildman–Crippen MR) is 80.2 cm³/mol. The summed E-state index contributed by atoms with van der Waals surface area (Å²) in [4.78, 5) is 14.1. The first-order valence-corrected chi connectivity index (χ1v) is 7.96. The highest BCUT2D eigenvalue weighted by Gasteiger charge is 2.39. The van der Waals surface area contributed by atoms with Gasteiger partial charge in [-0.15, -0.1) is 0 Å². The van der Waals surface area contributed by atoms with E-state index < -0.39 is 11.6 Å². The van der Waals surface area contributed by atoms with E-state index >= 15 is 0 Å². The van der Waals surface area contributed by atoms with Gasteiger partial charge in [-0.25, -0.2) is 4.39 Å². The number of rotatable bonds is 2. The van der Waals surface area contributed by atoms with Gasteiger partial charge in [-0.2, -0.15) is 0 Å². The van der Waals surface area contributed by atoms with Crippen LogP contribution < -0.4 is 0 Å². The summed E-state index contributed by atoms with van der Waals surface area (Å²) in [5.41, 5.74) is 0.264. The maximum absolute atomic E-state index is 13.8. The standard InChI is InChI=1S/C16H19ClFNO3/c17-13-3-1-4-14(18)12(13)11-15(20)19-7-5-16(6-8-19)21-9-2-10-22-16/h1,3-4H,2,5-11H2. The van der Waals surface area contributed by atoms with Crippen molar-refractivity contribution < 1.29 is 18.7 Å². The molecule has 22 heavy (non-hydrogen) atoms. The van der Waals surface area contributed by atoms with Gasteiger partial charge in [0, 0.05) is 36.5 Å².